The molecule has 0 heterocycles. The molecule has 0 aliphatic rings. The largest absolute Gasteiger partial charge is 0.469 e. The highest BCUT2D eigenvalue weighted by Gasteiger charge is 2.23. The summed E-state index contributed by atoms with van der Waals surface area (Å²) in [7, 11) is -4.82. The Labute approximate surface area is 334 Å². The molecule has 0 amide bonds. The Bertz CT molecular complexity index is 1180. The molecular weight excluding hydrogens is 715 g/mol. The molecule has 0 aliphatic carbocycles. The van der Waals surface area contributed by atoms with E-state index in [0.717, 1.165) is 51.4 Å². The number of phosphoric ester groups is 1. The molecule has 55 heavy (non-hydrogen) atoms. The Hall–Kier alpha value is -2.84. The van der Waals surface area contributed by atoms with Crippen LogP contribution in [0, 0.1) is 0 Å². The SMILES string of the molecule is CCCCC/C=C\C/C=C\C/C=C\C=C\C(=O)CCCC(=O)O[C@H](COC(=O)CCCCCCCCCCC/C=C\C/C=C\CCCCC)COP(=O)(O)O. The van der Waals surface area contributed by atoms with Crippen LogP contribution < -0.4 is 0 Å². The number of phosphoric acid groups is 1. The number of esters is 2. The van der Waals surface area contributed by atoms with Crippen molar-refractivity contribution in [2.75, 3.05) is 13.2 Å². The third-order valence-corrected chi connectivity index (χ3v) is 9.16. The Kier molecular flexibility index (Phi) is 37.4. The zero-order valence-electron chi connectivity index (χ0n) is 34.3. The summed E-state index contributed by atoms with van der Waals surface area (Å²) in [4.78, 5) is 55.0. The lowest BCUT2D eigenvalue weighted by Gasteiger charge is -2.18. The summed E-state index contributed by atoms with van der Waals surface area (Å²) in [5, 5.41) is 0. The molecule has 0 aromatic rings. The monoisotopic (exact) mass is 791 g/mol. The van der Waals surface area contributed by atoms with E-state index in [-0.39, 0.29) is 38.1 Å². The molecule has 0 saturated heterocycles. The first-order valence-corrected chi connectivity index (χ1v) is 22.7. The maximum atomic E-state index is 12.4. The predicted molar refractivity (Wildman–Crippen MR) is 225 cm³/mol. The maximum Gasteiger partial charge on any atom is 0.469 e. The summed E-state index contributed by atoms with van der Waals surface area (Å²) in [6.45, 7) is 3.42. The smallest absolute Gasteiger partial charge is 0.462 e. The molecular formula is C45H75O9P. The van der Waals surface area contributed by atoms with Crippen molar-refractivity contribution in [2.24, 2.45) is 0 Å². The van der Waals surface area contributed by atoms with Gasteiger partial charge in [0.05, 0.1) is 6.61 Å². The fraction of sp³-hybridized carbons (Fsp3) is 0.667. The molecule has 0 rings (SSSR count). The van der Waals surface area contributed by atoms with E-state index in [4.69, 9.17) is 19.3 Å². The van der Waals surface area contributed by atoms with E-state index < -0.39 is 32.5 Å². The van der Waals surface area contributed by atoms with E-state index in [2.05, 4.69) is 67.0 Å². The van der Waals surface area contributed by atoms with Gasteiger partial charge in [-0.05, 0) is 76.7 Å². The van der Waals surface area contributed by atoms with Crippen LogP contribution in [0.4, 0.5) is 0 Å². The Balaban J connectivity index is 4.11. The second-order valence-corrected chi connectivity index (χ2v) is 15.2. The summed E-state index contributed by atoms with van der Waals surface area (Å²) in [5.74, 6) is -1.28. The summed E-state index contributed by atoms with van der Waals surface area (Å²) >= 11 is 0. The number of hydrogen-bond donors (Lipinski definition) is 2. The van der Waals surface area contributed by atoms with Crippen LogP contribution in [0.2, 0.25) is 0 Å². The molecule has 0 aromatic carbocycles. The number of hydrogen-bond acceptors (Lipinski definition) is 7. The maximum absolute atomic E-state index is 12.4. The number of unbranched alkanes of at least 4 members (excludes halogenated alkanes) is 15. The number of allylic oxidation sites excluding steroid dienone is 12. The standard InChI is InChI=1S/C45H75O9P/c1-3-5-7-9-11-13-15-17-18-19-20-21-22-24-26-28-30-32-34-38-44(47)52-40-43(41-53-55(49,50)51)54-45(48)39-35-37-42(46)36-33-31-29-27-25-23-16-14-12-10-8-6-4-2/h11-14,17-18,23,25,29,31,33,36,43H,3-10,15-16,19-22,24,26-28,30,32,34-35,37-41H2,1-2H3,(H2,49,50,51)/b13-11-,14-12-,18-17-,25-23-,31-29-,36-33+/t43-/m1/s1. The molecule has 0 spiro atoms. The van der Waals surface area contributed by atoms with Gasteiger partial charge in [0, 0.05) is 19.3 Å². The second-order valence-electron chi connectivity index (χ2n) is 14.0. The fourth-order valence-corrected chi connectivity index (χ4v) is 5.83. The molecule has 314 valence electrons. The summed E-state index contributed by atoms with van der Waals surface area (Å²) in [6.07, 6.45) is 47.7. The van der Waals surface area contributed by atoms with Crippen LogP contribution in [0.15, 0.2) is 72.9 Å². The first-order chi connectivity index (χ1) is 26.7. The van der Waals surface area contributed by atoms with Gasteiger partial charge < -0.3 is 19.3 Å². The number of ether oxygens (including phenoxy) is 2. The van der Waals surface area contributed by atoms with Gasteiger partial charge in [-0.1, -0.05) is 151 Å². The summed E-state index contributed by atoms with van der Waals surface area (Å²) < 4.78 is 26.2. The lowest BCUT2D eigenvalue weighted by Crippen LogP contribution is -2.29. The van der Waals surface area contributed by atoms with Gasteiger partial charge in [0.25, 0.3) is 0 Å². The quantitative estimate of drug-likeness (QED) is 0.0156. The van der Waals surface area contributed by atoms with Gasteiger partial charge in [-0.25, -0.2) is 4.57 Å². The average Bonchev–Trinajstić information content (AvgIpc) is 3.15. The van der Waals surface area contributed by atoms with Crippen molar-refractivity contribution >= 4 is 25.5 Å². The highest BCUT2D eigenvalue weighted by Crippen LogP contribution is 2.36. The minimum Gasteiger partial charge on any atom is -0.462 e. The highest BCUT2D eigenvalue weighted by molar-refractivity contribution is 7.46. The van der Waals surface area contributed by atoms with Crippen LogP contribution in [0.3, 0.4) is 0 Å². The number of carbonyl (C=O) groups excluding carboxylic acids is 3. The summed E-state index contributed by atoms with van der Waals surface area (Å²) in [5.41, 5.74) is 0. The Morgan fingerprint density at radius 3 is 1.55 bits per heavy atom. The number of ketones is 1. The number of carbonyl (C=O) groups is 3. The van der Waals surface area contributed by atoms with E-state index in [1.807, 2.05) is 12.2 Å². The van der Waals surface area contributed by atoms with Crippen LogP contribution in [-0.4, -0.2) is 46.8 Å². The molecule has 2 N–H and O–H groups in total. The summed E-state index contributed by atoms with van der Waals surface area (Å²) in [6, 6.07) is 0. The molecule has 0 fully saturated rings. The molecule has 0 radical (unpaired) electrons. The predicted octanol–water partition coefficient (Wildman–Crippen LogP) is 12.2. The molecule has 9 nitrogen and oxygen atoms in total. The van der Waals surface area contributed by atoms with Gasteiger partial charge in [-0.15, -0.1) is 0 Å². The lowest BCUT2D eigenvalue weighted by molar-refractivity contribution is -0.161. The van der Waals surface area contributed by atoms with Crippen molar-refractivity contribution in [1.82, 2.24) is 0 Å². The normalized spacial score (nSPS) is 13.1. The average molecular weight is 791 g/mol. The first-order valence-electron chi connectivity index (χ1n) is 21.2. The van der Waals surface area contributed by atoms with Gasteiger partial charge in [-0.2, -0.15) is 0 Å². The van der Waals surface area contributed by atoms with Gasteiger partial charge in [0.15, 0.2) is 11.9 Å². The van der Waals surface area contributed by atoms with E-state index in [1.54, 1.807) is 6.08 Å². The lowest BCUT2D eigenvalue weighted by atomic mass is 10.1. The third-order valence-electron chi connectivity index (χ3n) is 8.67. The molecule has 10 heteroatoms. The van der Waals surface area contributed by atoms with Gasteiger partial charge in [-0.3, -0.25) is 18.9 Å². The molecule has 0 aliphatic heterocycles. The Morgan fingerprint density at radius 1 is 0.527 bits per heavy atom. The van der Waals surface area contributed by atoms with E-state index in [1.165, 1.54) is 83.1 Å². The van der Waals surface area contributed by atoms with Gasteiger partial charge in [0.1, 0.15) is 6.61 Å². The van der Waals surface area contributed by atoms with Crippen LogP contribution in [0.5, 0.6) is 0 Å². The van der Waals surface area contributed by atoms with Crippen LogP contribution in [0.1, 0.15) is 174 Å². The topological polar surface area (TPSA) is 136 Å². The molecule has 1 atom stereocenters. The second kappa shape index (κ2) is 39.4. The van der Waals surface area contributed by atoms with Crippen molar-refractivity contribution in [3.05, 3.63) is 72.9 Å². The van der Waals surface area contributed by atoms with Crippen molar-refractivity contribution < 1.29 is 42.7 Å². The van der Waals surface area contributed by atoms with Crippen molar-refractivity contribution in [3.8, 4) is 0 Å². The van der Waals surface area contributed by atoms with Crippen molar-refractivity contribution in [1.29, 1.82) is 0 Å². The first kappa shape index (κ1) is 52.2. The number of rotatable bonds is 38. The van der Waals surface area contributed by atoms with E-state index in [9.17, 15) is 18.9 Å². The van der Waals surface area contributed by atoms with Crippen LogP contribution >= 0.6 is 7.82 Å². The van der Waals surface area contributed by atoms with Gasteiger partial charge in [0.2, 0.25) is 0 Å². The van der Waals surface area contributed by atoms with E-state index >= 15 is 0 Å². The minimum atomic E-state index is -4.82. The molecule has 0 bridgehead atoms. The zero-order chi connectivity index (χ0) is 40.5. The fourth-order valence-electron chi connectivity index (χ4n) is 5.47. The van der Waals surface area contributed by atoms with Crippen LogP contribution in [0.25, 0.3) is 0 Å². The Morgan fingerprint density at radius 2 is 1.00 bits per heavy atom. The van der Waals surface area contributed by atoms with Gasteiger partial charge >= 0.3 is 19.8 Å². The third kappa shape index (κ3) is 42.1. The minimum absolute atomic E-state index is 0.0810. The highest BCUT2D eigenvalue weighted by atomic mass is 31.2. The van der Waals surface area contributed by atoms with Crippen molar-refractivity contribution in [2.45, 2.75) is 180 Å². The molecule has 0 saturated carbocycles. The van der Waals surface area contributed by atoms with Crippen molar-refractivity contribution in [3.63, 3.8) is 0 Å². The molecule has 0 unspecified atom stereocenters. The molecule has 0 aromatic heterocycles. The van der Waals surface area contributed by atoms with Crippen LogP contribution in [-0.2, 0) is 32.9 Å². The van der Waals surface area contributed by atoms with E-state index in [0.29, 0.717) is 6.42 Å². The zero-order valence-corrected chi connectivity index (χ0v) is 35.2.